The molecule has 3 aromatic rings. The zero-order valence-corrected chi connectivity index (χ0v) is 21.0. The lowest BCUT2D eigenvalue weighted by atomic mass is 9.92. The molecule has 0 bridgehead atoms. The van der Waals surface area contributed by atoms with Gasteiger partial charge in [0.05, 0.1) is 16.9 Å². The minimum Gasteiger partial charge on any atom is -0.315 e. The normalized spacial score (nSPS) is 11.8. The van der Waals surface area contributed by atoms with Crippen molar-refractivity contribution in [2.24, 2.45) is 0 Å². The highest BCUT2D eigenvalue weighted by Gasteiger charge is 2.30. The van der Waals surface area contributed by atoms with Crippen LogP contribution in [0, 0.1) is 0 Å². The van der Waals surface area contributed by atoms with E-state index >= 15 is 0 Å². The summed E-state index contributed by atoms with van der Waals surface area (Å²) in [5.41, 5.74) is 0.218. The molecule has 1 aromatic heterocycles. The number of halogens is 4. The Labute approximate surface area is 212 Å². The molecule has 0 aliphatic carbocycles. The molecule has 0 aliphatic rings. The molecular formula is C25H27ClF3N5O2. The lowest BCUT2D eigenvalue weighted by molar-refractivity contribution is -0.137. The van der Waals surface area contributed by atoms with E-state index in [1.165, 1.54) is 17.0 Å². The standard InChI is InChI=1S/C25H27ClF3N5O2/c1-5-33(23(36)30-18-8-6-7-16(13-18)25(27,28)29)15-22(35)31-21-14-20(24(2,3)4)32-34(21)19-11-9-17(26)10-12-19/h6-14H,5,15H2,1-4H3,(H,30,36)(H,31,35). The highest BCUT2D eigenvalue weighted by atomic mass is 35.5. The first-order valence-corrected chi connectivity index (χ1v) is 11.5. The molecule has 0 atom stereocenters. The summed E-state index contributed by atoms with van der Waals surface area (Å²) in [6.07, 6.45) is -4.54. The number of likely N-dealkylation sites (N-methyl/N-ethyl adjacent to an activating group) is 1. The first-order chi connectivity index (χ1) is 16.8. The van der Waals surface area contributed by atoms with Crippen LogP contribution in [0.25, 0.3) is 5.69 Å². The van der Waals surface area contributed by atoms with Crippen LogP contribution >= 0.6 is 11.6 Å². The molecule has 36 heavy (non-hydrogen) atoms. The summed E-state index contributed by atoms with van der Waals surface area (Å²) in [7, 11) is 0. The molecule has 2 aromatic carbocycles. The van der Waals surface area contributed by atoms with Gasteiger partial charge in [-0.15, -0.1) is 0 Å². The highest BCUT2D eigenvalue weighted by Crippen LogP contribution is 2.31. The van der Waals surface area contributed by atoms with Gasteiger partial charge in [-0.3, -0.25) is 4.79 Å². The van der Waals surface area contributed by atoms with E-state index in [1.54, 1.807) is 41.9 Å². The number of nitrogens with one attached hydrogen (secondary N) is 2. The van der Waals surface area contributed by atoms with E-state index in [0.29, 0.717) is 16.5 Å². The third-order valence-electron chi connectivity index (χ3n) is 5.26. The average molecular weight is 522 g/mol. The molecule has 2 N–H and O–H groups in total. The largest absolute Gasteiger partial charge is 0.416 e. The van der Waals surface area contributed by atoms with Crippen molar-refractivity contribution in [2.75, 3.05) is 23.7 Å². The van der Waals surface area contributed by atoms with E-state index in [4.69, 9.17) is 11.6 Å². The number of aromatic nitrogens is 2. The second-order valence-corrected chi connectivity index (χ2v) is 9.56. The number of alkyl halides is 3. The summed E-state index contributed by atoms with van der Waals surface area (Å²) in [5.74, 6) is -0.0896. The number of benzene rings is 2. The number of hydrogen-bond donors (Lipinski definition) is 2. The van der Waals surface area contributed by atoms with Gasteiger partial charge in [-0.05, 0) is 49.4 Å². The zero-order valence-electron chi connectivity index (χ0n) is 20.3. The predicted molar refractivity (Wildman–Crippen MR) is 134 cm³/mol. The lowest BCUT2D eigenvalue weighted by Gasteiger charge is -2.21. The third-order valence-corrected chi connectivity index (χ3v) is 5.51. The Morgan fingerprint density at radius 2 is 1.69 bits per heavy atom. The maximum absolute atomic E-state index is 13.0. The molecule has 3 rings (SSSR count). The molecule has 0 unspecified atom stereocenters. The summed E-state index contributed by atoms with van der Waals surface area (Å²) in [4.78, 5) is 26.7. The number of rotatable bonds is 6. The molecule has 0 fully saturated rings. The fourth-order valence-electron chi connectivity index (χ4n) is 3.27. The van der Waals surface area contributed by atoms with E-state index in [0.717, 1.165) is 17.8 Å². The van der Waals surface area contributed by atoms with Crippen molar-refractivity contribution in [3.8, 4) is 5.69 Å². The summed E-state index contributed by atoms with van der Waals surface area (Å²) >= 11 is 5.99. The molecule has 0 saturated carbocycles. The van der Waals surface area contributed by atoms with Crippen LogP contribution in [0.15, 0.2) is 54.6 Å². The third kappa shape index (κ3) is 6.78. The van der Waals surface area contributed by atoms with E-state index in [1.807, 2.05) is 20.8 Å². The molecule has 192 valence electrons. The second kappa shape index (κ2) is 10.6. The van der Waals surface area contributed by atoms with Gasteiger partial charge >= 0.3 is 12.2 Å². The number of hydrogen-bond acceptors (Lipinski definition) is 3. The topological polar surface area (TPSA) is 79.3 Å². The van der Waals surface area contributed by atoms with Crippen molar-refractivity contribution in [1.29, 1.82) is 0 Å². The summed E-state index contributed by atoms with van der Waals surface area (Å²) in [6.45, 7) is 7.47. The number of amides is 3. The molecule has 11 heteroatoms. The Bertz CT molecular complexity index is 1230. The maximum Gasteiger partial charge on any atom is 0.416 e. The minimum atomic E-state index is -4.54. The Kier molecular flexibility index (Phi) is 7.98. The van der Waals surface area contributed by atoms with Crippen molar-refractivity contribution in [3.63, 3.8) is 0 Å². The summed E-state index contributed by atoms with van der Waals surface area (Å²) in [6, 6.07) is 12.3. The average Bonchev–Trinajstić information content (AvgIpc) is 3.21. The van der Waals surface area contributed by atoms with Gasteiger partial charge in [0.15, 0.2) is 0 Å². The molecule has 0 spiro atoms. The molecule has 3 amide bonds. The van der Waals surface area contributed by atoms with Crippen LogP contribution in [0.5, 0.6) is 0 Å². The van der Waals surface area contributed by atoms with E-state index in [-0.39, 0.29) is 24.2 Å². The summed E-state index contributed by atoms with van der Waals surface area (Å²) in [5, 5.41) is 10.4. The van der Waals surface area contributed by atoms with Crippen LogP contribution < -0.4 is 10.6 Å². The van der Waals surface area contributed by atoms with Crippen molar-refractivity contribution < 1.29 is 22.8 Å². The van der Waals surface area contributed by atoms with Crippen molar-refractivity contribution >= 4 is 35.0 Å². The minimum absolute atomic E-state index is 0.0238. The van der Waals surface area contributed by atoms with Gasteiger partial charge in [0, 0.05) is 28.7 Å². The van der Waals surface area contributed by atoms with Gasteiger partial charge in [-0.1, -0.05) is 38.4 Å². The number of urea groups is 1. The van der Waals surface area contributed by atoms with Gasteiger partial charge in [-0.2, -0.15) is 18.3 Å². The van der Waals surface area contributed by atoms with E-state index in [2.05, 4.69) is 15.7 Å². The maximum atomic E-state index is 13.0. The van der Waals surface area contributed by atoms with Crippen LogP contribution in [0.1, 0.15) is 39.0 Å². The number of carbonyl (C=O) groups excluding carboxylic acids is 2. The molecule has 0 saturated heterocycles. The summed E-state index contributed by atoms with van der Waals surface area (Å²) < 4.78 is 40.5. The van der Waals surface area contributed by atoms with Crippen LogP contribution in [0.2, 0.25) is 5.02 Å². The number of nitrogens with zero attached hydrogens (tertiary/aromatic N) is 3. The molecule has 1 heterocycles. The molecule has 0 aliphatic heterocycles. The SMILES string of the molecule is CCN(CC(=O)Nc1cc(C(C)(C)C)nn1-c1ccc(Cl)cc1)C(=O)Nc1cccc(C(F)(F)F)c1. The second-order valence-electron chi connectivity index (χ2n) is 9.12. The van der Waals surface area contributed by atoms with Gasteiger partial charge in [0.25, 0.3) is 0 Å². The first-order valence-electron chi connectivity index (χ1n) is 11.2. The van der Waals surface area contributed by atoms with E-state index < -0.39 is 23.7 Å². The fourth-order valence-corrected chi connectivity index (χ4v) is 3.40. The quantitative estimate of drug-likeness (QED) is 0.397. The predicted octanol–water partition coefficient (Wildman–Crippen LogP) is 6.33. The smallest absolute Gasteiger partial charge is 0.315 e. The fraction of sp³-hybridized carbons (Fsp3) is 0.320. The van der Waals surface area contributed by atoms with E-state index in [9.17, 15) is 22.8 Å². The Morgan fingerprint density at radius 3 is 2.28 bits per heavy atom. The van der Waals surface area contributed by atoms with Gasteiger partial charge < -0.3 is 15.5 Å². The highest BCUT2D eigenvalue weighted by molar-refractivity contribution is 6.30. The molecule has 0 radical (unpaired) electrons. The van der Waals surface area contributed by atoms with Gasteiger partial charge in [0.1, 0.15) is 12.4 Å². The Balaban J connectivity index is 1.76. The van der Waals surface area contributed by atoms with Crippen LogP contribution in [0.4, 0.5) is 29.5 Å². The molecule has 7 nitrogen and oxygen atoms in total. The zero-order chi connectivity index (χ0) is 26.7. The number of carbonyl (C=O) groups is 2. The van der Waals surface area contributed by atoms with Crippen LogP contribution in [-0.2, 0) is 16.4 Å². The Hall–Kier alpha value is -3.53. The first kappa shape index (κ1) is 27.1. The van der Waals surface area contributed by atoms with Crippen molar-refractivity contribution in [3.05, 3.63) is 70.9 Å². The van der Waals surface area contributed by atoms with Gasteiger partial charge in [-0.25, -0.2) is 9.48 Å². The van der Waals surface area contributed by atoms with Gasteiger partial charge in [0.2, 0.25) is 5.91 Å². The van der Waals surface area contributed by atoms with Crippen molar-refractivity contribution in [1.82, 2.24) is 14.7 Å². The lowest BCUT2D eigenvalue weighted by Crippen LogP contribution is -2.40. The van der Waals surface area contributed by atoms with Crippen molar-refractivity contribution in [2.45, 2.75) is 39.3 Å². The van der Waals surface area contributed by atoms with Crippen LogP contribution in [0.3, 0.4) is 0 Å². The Morgan fingerprint density at radius 1 is 1.03 bits per heavy atom. The van der Waals surface area contributed by atoms with Crippen LogP contribution in [-0.4, -0.2) is 39.7 Å². The number of anilines is 2. The molecular weight excluding hydrogens is 495 g/mol. The monoisotopic (exact) mass is 521 g/mol.